The summed E-state index contributed by atoms with van der Waals surface area (Å²) in [6.45, 7) is 6.14. The standard InChI is InChI=1S/C13H18FIN2/c1-2-13(17-7-5-16-6-8-17)11-9-10(15)3-4-12(11)14/h3-4,9,13,16H,2,5-8H2,1H3/t13-/m0/s1. The van der Waals surface area contributed by atoms with Crippen LogP contribution in [0.5, 0.6) is 0 Å². The number of piperazine rings is 1. The number of nitrogens with zero attached hydrogens (tertiary/aromatic N) is 1. The lowest BCUT2D eigenvalue weighted by atomic mass is 10.0. The molecule has 1 aromatic carbocycles. The molecule has 1 atom stereocenters. The van der Waals surface area contributed by atoms with Gasteiger partial charge >= 0.3 is 0 Å². The Bertz CT molecular complexity index is 378. The maximum absolute atomic E-state index is 13.9. The van der Waals surface area contributed by atoms with Crippen molar-refractivity contribution < 1.29 is 4.39 Å². The molecule has 0 aliphatic carbocycles. The lowest BCUT2D eigenvalue weighted by Crippen LogP contribution is -2.45. The predicted molar refractivity (Wildman–Crippen MR) is 76.6 cm³/mol. The molecule has 4 heteroatoms. The van der Waals surface area contributed by atoms with Gasteiger partial charge in [0.25, 0.3) is 0 Å². The highest BCUT2D eigenvalue weighted by Gasteiger charge is 2.23. The van der Waals surface area contributed by atoms with Crippen LogP contribution < -0.4 is 5.32 Å². The molecule has 1 fully saturated rings. The quantitative estimate of drug-likeness (QED) is 0.846. The molecule has 1 aliphatic rings. The molecule has 1 aliphatic heterocycles. The van der Waals surface area contributed by atoms with Crippen LogP contribution in [0.25, 0.3) is 0 Å². The predicted octanol–water partition coefficient (Wildman–Crippen LogP) is 2.79. The summed E-state index contributed by atoms with van der Waals surface area (Å²) in [6.07, 6.45) is 0.955. The maximum atomic E-state index is 13.9. The second-order valence-electron chi connectivity index (χ2n) is 4.38. The number of rotatable bonds is 3. The van der Waals surface area contributed by atoms with Crippen molar-refractivity contribution in [2.75, 3.05) is 26.2 Å². The Hall–Kier alpha value is -0.200. The highest BCUT2D eigenvalue weighted by atomic mass is 127. The third kappa shape index (κ3) is 3.17. The first-order valence-electron chi connectivity index (χ1n) is 6.12. The summed E-state index contributed by atoms with van der Waals surface area (Å²) in [5.41, 5.74) is 0.848. The van der Waals surface area contributed by atoms with Crippen molar-refractivity contribution in [3.63, 3.8) is 0 Å². The van der Waals surface area contributed by atoms with E-state index in [1.165, 1.54) is 0 Å². The van der Waals surface area contributed by atoms with Gasteiger partial charge in [0.05, 0.1) is 0 Å². The topological polar surface area (TPSA) is 15.3 Å². The summed E-state index contributed by atoms with van der Waals surface area (Å²) in [6, 6.07) is 5.60. The van der Waals surface area contributed by atoms with Crippen molar-refractivity contribution in [2.45, 2.75) is 19.4 Å². The van der Waals surface area contributed by atoms with E-state index in [0.717, 1.165) is 41.7 Å². The summed E-state index contributed by atoms with van der Waals surface area (Å²) in [5.74, 6) is -0.0733. The van der Waals surface area contributed by atoms with Gasteiger partial charge in [-0.3, -0.25) is 4.90 Å². The molecular formula is C13H18FIN2. The van der Waals surface area contributed by atoms with Gasteiger partial charge < -0.3 is 5.32 Å². The Kier molecular flexibility index (Phi) is 4.76. The average molecular weight is 348 g/mol. The van der Waals surface area contributed by atoms with Crippen molar-refractivity contribution in [3.05, 3.63) is 33.1 Å². The van der Waals surface area contributed by atoms with Crippen LogP contribution in [-0.4, -0.2) is 31.1 Å². The number of benzene rings is 1. The van der Waals surface area contributed by atoms with E-state index in [1.807, 2.05) is 12.1 Å². The Labute approximate surface area is 116 Å². The zero-order chi connectivity index (χ0) is 12.3. The molecular weight excluding hydrogens is 330 g/mol. The van der Waals surface area contributed by atoms with Crippen LogP contribution in [0, 0.1) is 9.39 Å². The van der Waals surface area contributed by atoms with Gasteiger partial charge in [0.2, 0.25) is 0 Å². The second-order valence-corrected chi connectivity index (χ2v) is 5.62. The second kappa shape index (κ2) is 6.11. The number of hydrogen-bond donors (Lipinski definition) is 1. The average Bonchev–Trinajstić information content (AvgIpc) is 2.36. The van der Waals surface area contributed by atoms with Gasteiger partial charge in [0.1, 0.15) is 5.82 Å². The highest BCUT2D eigenvalue weighted by molar-refractivity contribution is 14.1. The van der Waals surface area contributed by atoms with Crippen molar-refractivity contribution in [1.29, 1.82) is 0 Å². The molecule has 0 radical (unpaired) electrons. The lowest BCUT2D eigenvalue weighted by Gasteiger charge is -2.34. The van der Waals surface area contributed by atoms with Crippen LogP contribution in [0.3, 0.4) is 0 Å². The molecule has 94 valence electrons. The van der Waals surface area contributed by atoms with Crippen molar-refractivity contribution in [3.8, 4) is 0 Å². The minimum atomic E-state index is -0.0733. The molecule has 0 aromatic heterocycles. The molecule has 0 unspecified atom stereocenters. The van der Waals surface area contributed by atoms with Crippen LogP contribution >= 0.6 is 22.6 Å². The van der Waals surface area contributed by atoms with Crippen LogP contribution in [0.15, 0.2) is 18.2 Å². The zero-order valence-electron chi connectivity index (χ0n) is 10.0. The third-order valence-electron chi connectivity index (χ3n) is 3.30. The molecule has 0 amide bonds. The molecule has 2 rings (SSSR count). The van der Waals surface area contributed by atoms with Gasteiger partial charge in [-0.05, 0) is 47.2 Å². The van der Waals surface area contributed by atoms with Gasteiger partial charge in [0.15, 0.2) is 0 Å². The normalized spacial score (nSPS) is 19.2. The van der Waals surface area contributed by atoms with Crippen molar-refractivity contribution in [1.82, 2.24) is 10.2 Å². The molecule has 1 N–H and O–H groups in total. The van der Waals surface area contributed by atoms with Crippen molar-refractivity contribution in [2.24, 2.45) is 0 Å². The SMILES string of the molecule is CC[C@@H](c1cc(I)ccc1F)N1CCNCC1. The number of hydrogen-bond acceptors (Lipinski definition) is 2. The van der Waals surface area contributed by atoms with E-state index in [0.29, 0.717) is 0 Å². The first-order valence-corrected chi connectivity index (χ1v) is 7.20. The summed E-state index contributed by atoms with van der Waals surface area (Å²) < 4.78 is 15.0. The number of nitrogens with one attached hydrogen (secondary N) is 1. The summed E-state index contributed by atoms with van der Waals surface area (Å²) in [4.78, 5) is 2.38. The van der Waals surface area contributed by atoms with Crippen LogP contribution in [0.2, 0.25) is 0 Å². The molecule has 17 heavy (non-hydrogen) atoms. The van der Waals surface area contributed by atoms with Crippen molar-refractivity contribution >= 4 is 22.6 Å². The Morgan fingerprint density at radius 1 is 1.41 bits per heavy atom. The van der Waals surface area contributed by atoms with E-state index in [4.69, 9.17) is 0 Å². The monoisotopic (exact) mass is 348 g/mol. The van der Waals surface area contributed by atoms with E-state index >= 15 is 0 Å². The summed E-state index contributed by atoms with van der Waals surface area (Å²) >= 11 is 2.25. The highest BCUT2D eigenvalue weighted by Crippen LogP contribution is 2.28. The first-order chi connectivity index (χ1) is 8.22. The maximum Gasteiger partial charge on any atom is 0.128 e. The fraction of sp³-hybridized carbons (Fsp3) is 0.538. The summed E-state index contributed by atoms with van der Waals surface area (Å²) in [5, 5.41) is 3.33. The fourth-order valence-electron chi connectivity index (χ4n) is 2.44. The van der Waals surface area contributed by atoms with Gasteiger partial charge in [0, 0.05) is 41.4 Å². The molecule has 1 saturated heterocycles. The summed E-state index contributed by atoms with van der Waals surface area (Å²) in [7, 11) is 0. The Balaban J connectivity index is 2.24. The minimum Gasteiger partial charge on any atom is -0.314 e. The first kappa shape index (κ1) is 13.2. The minimum absolute atomic E-state index is 0.0733. The number of halogens is 2. The van der Waals surface area contributed by atoms with Gasteiger partial charge in [-0.15, -0.1) is 0 Å². The van der Waals surface area contributed by atoms with Gasteiger partial charge in [-0.2, -0.15) is 0 Å². The smallest absolute Gasteiger partial charge is 0.128 e. The lowest BCUT2D eigenvalue weighted by molar-refractivity contribution is 0.166. The zero-order valence-corrected chi connectivity index (χ0v) is 12.2. The molecule has 2 nitrogen and oxygen atoms in total. The Morgan fingerprint density at radius 3 is 2.76 bits per heavy atom. The van der Waals surface area contributed by atoms with Crippen LogP contribution in [0.4, 0.5) is 4.39 Å². The van der Waals surface area contributed by atoms with Crippen LogP contribution in [-0.2, 0) is 0 Å². The third-order valence-corrected chi connectivity index (χ3v) is 3.97. The largest absolute Gasteiger partial charge is 0.314 e. The van der Waals surface area contributed by atoms with E-state index in [-0.39, 0.29) is 11.9 Å². The molecule has 1 aromatic rings. The van der Waals surface area contributed by atoms with E-state index < -0.39 is 0 Å². The molecule has 0 bridgehead atoms. The molecule has 0 spiro atoms. The van der Waals surface area contributed by atoms with Gasteiger partial charge in [-0.1, -0.05) is 6.92 Å². The molecule has 1 heterocycles. The Morgan fingerprint density at radius 2 is 2.12 bits per heavy atom. The van der Waals surface area contributed by atoms with E-state index in [1.54, 1.807) is 6.07 Å². The van der Waals surface area contributed by atoms with Crippen LogP contribution in [0.1, 0.15) is 24.9 Å². The fourth-order valence-corrected chi connectivity index (χ4v) is 2.95. The van der Waals surface area contributed by atoms with Gasteiger partial charge in [-0.25, -0.2) is 4.39 Å². The molecule has 0 saturated carbocycles. The van der Waals surface area contributed by atoms with E-state index in [9.17, 15) is 4.39 Å². The van der Waals surface area contributed by atoms with E-state index in [2.05, 4.69) is 39.7 Å².